The molecule has 0 amide bonds. The van der Waals surface area contributed by atoms with Gasteiger partial charge in [0.15, 0.2) is 0 Å². The van der Waals surface area contributed by atoms with E-state index in [2.05, 4.69) is 49.0 Å². The summed E-state index contributed by atoms with van der Waals surface area (Å²) in [4.78, 5) is 0. The van der Waals surface area contributed by atoms with Gasteiger partial charge < -0.3 is 27.0 Å². The second kappa shape index (κ2) is 8.29. The Bertz CT molecular complexity index is 249. The number of nitrogens with one attached hydrogen (secondary N) is 4. The van der Waals surface area contributed by atoms with E-state index in [0.717, 1.165) is 32.7 Å². The zero-order valence-corrected chi connectivity index (χ0v) is 13.8. The summed E-state index contributed by atoms with van der Waals surface area (Å²) in [6.07, 6.45) is 2.38. The average molecular weight is 285 g/mol. The lowest BCUT2D eigenvalue weighted by atomic mass is 9.79. The molecule has 1 heterocycles. The first-order chi connectivity index (χ1) is 9.35. The highest BCUT2D eigenvalue weighted by Gasteiger charge is 2.37. The first-order valence-corrected chi connectivity index (χ1v) is 7.99. The maximum Gasteiger partial charge on any atom is 0.0144 e. The standard InChI is InChI=1S/C15H35N5/c1-14(2)11-13(12-15(3,4)20-14)19-10-9-18-8-7-17-6-5-16/h13,17-20H,5-12,16H2,1-4H3. The zero-order valence-electron chi connectivity index (χ0n) is 13.8. The second-order valence-electron chi connectivity index (χ2n) is 7.24. The summed E-state index contributed by atoms with van der Waals surface area (Å²) in [5, 5.41) is 14.1. The van der Waals surface area contributed by atoms with Crippen molar-refractivity contribution in [2.75, 3.05) is 39.3 Å². The highest BCUT2D eigenvalue weighted by atomic mass is 15.1. The van der Waals surface area contributed by atoms with E-state index in [1.165, 1.54) is 12.8 Å². The molecular weight excluding hydrogens is 250 g/mol. The summed E-state index contributed by atoms with van der Waals surface area (Å²) in [6, 6.07) is 0.610. The SMILES string of the molecule is CC1(C)CC(NCCNCCNCCN)CC(C)(C)N1. The van der Waals surface area contributed by atoms with Crippen LogP contribution in [0.1, 0.15) is 40.5 Å². The molecule has 1 saturated heterocycles. The lowest BCUT2D eigenvalue weighted by Crippen LogP contribution is -2.61. The van der Waals surface area contributed by atoms with Gasteiger partial charge in [-0.2, -0.15) is 0 Å². The summed E-state index contributed by atoms with van der Waals surface area (Å²) in [7, 11) is 0. The number of piperidine rings is 1. The van der Waals surface area contributed by atoms with Gasteiger partial charge in [-0.25, -0.2) is 0 Å². The van der Waals surface area contributed by atoms with E-state index in [-0.39, 0.29) is 11.1 Å². The van der Waals surface area contributed by atoms with Crippen LogP contribution in [0.4, 0.5) is 0 Å². The van der Waals surface area contributed by atoms with Crippen LogP contribution in [-0.4, -0.2) is 56.4 Å². The first kappa shape index (κ1) is 17.9. The zero-order chi connectivity index (χ0) is 15.1. The number of rotatable bonds is 9. The molecule has 6 N–H and O–H groups in total. The van der Waals surface area contributed by atoms with Crippen molar-refractivity contribution in [3.05, 3.63) is 0 Å². The average Bonchev–Trinajstić information content (AvgIpc) is 2.28. The summed E-state index contributed by atoms with van der Waals surface area (Å²) in [6.45, 7) is 14.8. The molecule has 0 aromatic heterocycles. The maximum absolute atomic E-state index is 5.42. The molecule has 0 radical (unpaired) electrons. The molecule has 0 atom stereocenters. The summed E-state index contributed by atoms with van der Waals surface area (Å²) in [5.41, 5.74) is 5.86. The Morgan fingerprint density at radius 1 is 0.900 bits per heavy atom. The van der Waals surface area contributed by atoms with Crippen LogP contribution in [0.2, 0.25) is 0 Å². The predicted molar refractivity (Wildman–Crippen MR) is 87.1 cm³/mol. The molecule has 1 rings (SSSR count). The summed E-state index contributed by atoms with van der Waals surface area (Å²) >= 11 is 0. The van der Waals surface area contributed by atoms with Crippen molar-refractivity contribution >= 4 is 0 Å². The van der Waals surface area contributed by atoms with E-state index in [0.29, 0.717) is 12.6 Å². The number of hydrogen-bond donors (Lipinski definition) is 5. The van der Waals surface area contributed by atoms with Gasteiger partial charge in [-0.15, -0.1) is 0 Å². The lowest BCUT2D eigenvalue weighted by Gasteiger charge is -2.46. The van der Waals surface area contributed by atoms with E-state index >= 15 is 0 Å². The van der Waals surface area contributed by atoms with Gasteiger partial charge in [0.25, 0.3) is 0 Å². The minimum absolute atomic E-state index is 0.221. The van der Waals surface area contributed by atoms with Crippen LogP contribution in [0.5, 0.6) is 0 Å². The summed E-state index contributed by atoms with van der Waals surface area (Å²) < 4.78 is 0. The first-order valence-electron chi connectivity index (χ1n) is 7.99. The lowest BCUT2D eigenvalue weighted by molar-refractivity contribution is 0.146. The van der Waals surface area contributed by atoms with Crippen LogP contribution in [0.25, 0.3) is 0 Å². The molecule has 0 spiro atoms. The Kier molecular flexibility index (Phi) is 7.40. The minimum Gasteiger partial charge on any atom is -0.329 e. The fourth-order valence-corrected chi connectivity index (χ4v) is 3.36. The van der Waals surface area contributed by atoms with Crippen LogP contribution in [0.15, 0.2) is 0 Å². The van der Waals surface area contributed by atoms with Crippen molar-refractivity contribution in [3.63, 3.8) is 0 Å². The van der Waals surface area contributed by atoms with E-state index in [1.54, 1.807) is 0 Å². The van der Waals surface area contributed by atoms with Gasteiger partial charge in [-0.1, -0.05) is 0 Å². The molecular formula is C15H35N5. The Morgan fingerprint density at radius 2 is 1.40 bits per heavy atom. The molecule has 1 aliphatic rings. The van der Waals surface area contributed by atoms with Gasteiger partial charge in [0.05, 0.1) is 0 Å². The molecule has 0 aliphatic carbocycles. The highest BCUT2D eigenvalue weighted by Crippen LogP contribution is 2.28. The van der Waals surface area contributed by atoms with Crippen molar-refractivity contribution in [1.29, 1.82) is 0 Å². The van der Waals surface area contributed by atoms with Crippen molar-refractivity contribution in [2.24, 2.45) is 5.73 Å². The Morgan fingerprint density at radius 3 is 1.95 bits per heavy atom. The fourth-order valence-electron chi connectivity index (χ4n) is 3.36. The molecule has 5 heteroatoms. The fraction of sp³-hybridized carbons (Fsp3) is 1.00. The van der Waals surface area contributed by atoms with Gasteiger partial charge in [-0.3, -0.25) is 0 Å². The third-order valence-corrected chi connectivity index (χ3v) is 3.72. The Labute approximate surface area is 124 Å². The van der Waals surface area contributed by atoms with Gasteiger partial charge in [0, 0.05) is 56.4 Å². The molecule has 1 aliphatic heterocycles. The third kappa shape index (κ3) is 7.55. The van der Waals surface area contributed by atoms with Crippen LogP contribution >= 0.6 is 0 Å². The molecule has 0 bridgehead atoms. The van der Waals surface area contributed by atoms with Crippen LogP contribution in [0, 0.1) is 0 Å². The molecule has 20 heavy (non-hydrogen) atoms. The number of nitrogens with two attached hydrogens (primary N) is 1. The van der Waals surface area contributed by atoms with Gasteiger partial charge in [0.1, 0.15) is 0 Å². The molecule has 120 valence electrons. The van der Waals surface area contributed by atoms with Crippen molar-refractivity contribution < 1.29 is 0 Å². The third-order valence-electron chi connectivity index (χ3n) is 3.72. The van der Waals surface area contributed by atoms with Crippen molar-refractivity contribution in [1.82, 2.24) is 21.3 Å². The van der Waals surface area contributed by atoms with E-state index < -0.39 is 0 Å². The van der Waals surface area contributed by atoms with Crippen LogP contribution in [-0.2, 0) is 0 Å². The molecule has 0 saturated carbocycles. The van der Waals surface area contributed by atoms with Crippen molar-refractivity contribution in [3.8, 4) is 0 Å². The van der Waals surface area contributed by atoms with E-state index in [1.807, 2.05) is 0 Å². The van der Waals surface area contributed by atoms with Gasteiger partial charge in [0.2, 0.25) is 0 Å². The Balaban J connectivity index is 2.09. The summed E-state index contributed by atoms with van der Waals surface area (Å²) in [5.74, 6) is 0. The number of hydrogen-bond acceptors (Lipinski definition) is 5. The van der Waals surface area contributed by atoms with E-state index in [4.69, 9.17) is 5.73 Å². The smallest absolute Gasteiger partial charge is 0.0144 e. The molecule has 0 aromatic rings. The second-order valence-corrected chi connectivity index (χ2v) is 7.24. The predicted octanol–water partition coefficient (Wildman–Crippen LogP) is 0.0231. The maximum atomic E-state index is 5.42. The molecule has 1 fully saturated rings. The van der Waals surface area contributed by atoms with Crippen LogP contribution in [0.3, 0.4) is 0 Å². The Hall–Kier alpha value is -0.200. The van der Waals surface area contributed by atoms with E-state index in [9.17, 15) is 0 Å². The molecule has 0 unspecified atom stereocenters. The van der Waals surface area contributed by atoms with Crippen molar-refractivity contribution in [2.45, 2.75) is 57.7 Å². The molecule has 0 aromatic carbocycles. The topological polar surface area (TPSA) is 74.1 Å². The van der Waals surface area contributed by atoms with Gasteiger partial charge >= 0.3 is 0 Å². The monoisotopic (exact) mass is 285 g/mol. The normalized spacial score (nSPS) is 22.1. The quantitative estimate of drug-likeness (QED) is 0.386. The highest BCUT2D eigenvalue weighted by molar-refractivity contribution is 4.99. The molecule has 5 nitrogen and oxygen atoms in total. The van der Waals surface area contributed by atoms with Crippen LogP contribution < -0.4 is 27.0 Å². The largest absolute Gasteiger partial charge is 0.329 e. The minimum atomic E-state index is 0.221. The van der Waals surface area contributed by atoms with Gasteiger partial charge in [-0.05, 0) is 40.5 Å².